The number of nitrogens with one attached hydrogen (secondary N) is 1. The van der Waals surface area contributed by atoms with Gasteiger partial charge in [-0.3, -0.25) is 4.79 Å². The molecule has 2 aromatic rings. The van der Waals surface area contributed by atoms with Crippen molar-refractivity contribution >= 4 is 11.6 Å². The van der Waals surface area contributed by atoms with Gasteiger partial charge < -0.3 is 10.1 Å². The van der Waals surface area contributed by atoms with Crippen LogP contribution in [-0.2, 0) is 11.4 Å². The van der Waals surface area contributed by atoms with Crippen molar-refractivity contribution in [1.29, 1.82) is 0 Å². The molecule has 0 atom stereocenters. The zero-order valence-corrected chi connectivity index (χ0v) is 13.6. The van der Waals surface area contributed by atoms with E-state index in [0.29, 0.717) is 18.0 Å². The van der Waals surface area contributed by atoms with Crippen molar-refractivity contribution in [2.24, 2.45) is 5.41 Å². The molecule has 0 fully saturated rings. The Morgan fingerprint density at radius 3 is 2.41 bits per heavy atom. The number of aryl methyl sites for hydroxylation is 1. The summed E-state index contributed by atoms with van der Waals surface area (Å²) in [7, 11) is 0. The Balaban J connectivity index is 2.16. The van der Waals surface area contributed by atoms with Crippen LogP contribution in [0.3, 0.4) is 0 Å². The highest BCUT2D eigenvalue weighted by atomic mass is 16.5. The van der Waals surface area contributed by atoms with Crippen LogP contribution in [0, 0.1) is 12.3 Å². The number of anilines is 1. The van der Waals surface area contributed by atoms with Gasteiger partial charge in [-0.2, -0.15) is 0 Å². The molecule has 0 spiro atoms. The van der Waals surface area contributed by atoms with Gasteiger partial charge in [-0.15, -0.1) is 0 Å². The second-order valence-electron chi connectivity index (χ2n) is 6.48. The van der Waals surface area contributed by atoms with Crippen LogP contribution in [0.4, 0.5) is 5.69 Å². The monoisotopic (exact) mass is 297 g/mol. The molecule has 0 bridgehead atoms. The Morgan fingerprint density at radius 1 is 1.09 bits per heavy atom. The predicted molar refractivity (Wildman–Crippen MR) is 90.0 cm³/mol. The van der Waals surface area contributed by atoms with E-state index in [1.807, 2.05) is 76.2 Å². The van der Waals surface area contributed by atoms with E-state index in [1.165, 1.54) is 0 Å². The van der Waals surface area contributed by atoms with Gasteiger partial charge in [0, 0.05) is 5.41 Å². The molecule has 3 heteroatoms. The molecule has 116 valence electrons. The Hall–Kier alpha value is -2.29. The lowest BCUT2D eigenvalue weighted by molar-refractivity contribution is -0.123. The summed E-state index contributed by atoms with van der Waals surface area (Å²) in [5.41, 5.74) is 2.46. The van der Waals surface area contributed by atoms with Crippen LogP contribution in [0.2, 0.25) is 0 Å². The van der Waals surface area contributed by atoms with Crippen molar-refractivity contribution < 1.29 is 9.53 Å². The first-order valence-electron chi connectivity index (χ1n) is 7.45. The van der Waals surface area contributed by atoms with Crippen LogP contribution in [0.15, 0.2) is 48.5 Å². The third-order valence-corrected chi connectivity index (χ3v) is 3.30. The number of carbonyl (C=O) groups is 1. The SMILES string of the molecule is Cc1ccc(NC(=O)C(C)(C)C)c(OCc2ccccc2)c1. The molecule has 2 rings (SSSR count). The molecule has 0 aliphatic rings. The van der Waals surface area contributed by atoms with Gasteiger partial charge in [0.2, 0.25) is 5.91 Å². The van der Waals surface area contributed by atoms with Crippen molar-refractivity contribution in [3.05, 3.63) is 59.7 Å². The molecule has 0 aliphatic heterocycles. The zero-order valence-electron chi connectivity index (χ0n) is 13.6. The Kier molecular flexibility index (Phi) is 4.86. The van der Waals surface area contributed by atoms with E-state index in [9.17, 15) is 4.79 Å². The fourth-order valence-corrected chi connectivity index (χ4v) is 1.90. The second kappa shape index (κ2) is 6.65. The summed E-state index contributed by atoms with van der Waals surface area (Å²) in [6.07, 6.45) is 0. The first-order valence-corrected chi connectivity index (χ1v) is 7.45. The number of amides is 1. The lowest BCUT2D eigenvalue weighted by atomic mass is 9.95. The smallest absolute Gasteiger partial charge is 0.229 e. The number of benzene rings is 2. The molecule has 1 N–H and O–H groups in total. The minimum atomic E-state index is -0.443. The molecular formula is C19H23NO2. The van der Waals surface area contributed by atoms with Gasteiger partial charge in [-0.1, -0.05) is 57.2 Å². The Labute approximate surface area is 132 Å². The average molecular weight is 297 g/mol. The molecule has 1 amide bonds. The number of hydrogen-bond donors (Lipinski definition) is 1. The first-order chi connectivity index (χ1) is 10.4. The van der Waals surface area contributed by atoms with Gasteiger partial charge in [0.1, 0.15) is 12.4 Å². The van der Waals surface area contributed by atoms with E-state index in [0.717, 1.165) is 11.1 Å². The molecule has 22 heavy (non-hydrogen) atoms. The summed E-state index contributed by atoms with van der Waals surface area (Å²) < 4.78 is 5.90. The van der Waals surface area contributed by atoms with Crippen LogP contribution in [0.5, 0.6) is 5.75 Å². The standard InChI is InChI=1S/C19H23NO2/c1-14-10-11-16(20-18(21)19(2,3)4)17(12-14)22-13-15-8-6-5-7-9-15/h5-12H,13H2,1-4H3,(H,20,21). The number of rotatable bonds is 4. The zero-order chi connectivity index (χ0) is 16.2. The van der Waals surface area contributed by atoms with Crippen molar-refractivity contribution in [3.63, 3.8) is 0 Å². The lowest BCUT2D eigenvalue weighted by Crippen LogP contribution is -2.27. The minimum Gasteiger partial charge on any atom is -0.487 e. The lowest BCUT2D eigenvalue weighted by Gasteiger charge is -2.20. The molecular weight excluding hydrogens is 274 g/mol. The number of hydrogen-bond acceptors (Lipinski definition) is 2. The van der Waals surface area contributed by atoms with Crippen molar-refractivity contribution in [3.8, 4) is 5.75 Å². The first kappa shape index (κ1) is 16.1. The average Bonchev–Trinajstić information content (AvgIpc) is 2.47. The predicted octanol–water partition coefficient (Wildman–Crippen LogP) is 4.56. The van der Waals surface area contributed by atoms with Gasteiger partial charge >= 0.3 is 0 Å². The molecule has 0 aliphatic carbocycles. The molecule has 0 saturated carbocycles. The Morgan fingerprint density at radius 2 is 1.77 bits per heavy atom. The maximum Gasteiger partial charge on any atom is 0.229 e. The molecule has 2 aromatic carbocycles. The van der Waals surface area contributed by atoms with Crippen molar-refractivity contribution in [2.45, 2.75) is 34.3 Å². The normalized spacial score (nSPS) is 11.1. The summed E-state index contributed by atoms with van der Waals surface area (Å²) in [5.74, 6) is 0.669. The van der Waals surface area contributed by atoms with E-state index in [4.69, 9.17) is 4.74 Å². The molecule has 0 saturated heterocycles. The molecule has 0 radical (unpaired) electrons. The summed E-state index contributed by atoms with van der Waals surface area (Å²) in [6.45, 7) is 8.15. The van der Waals surface area contributed by atoms with Crippen LogP contribution < -0.4 is 10.1 Å². The highest BCUT2D eigenvalue weighted by Gasteiger charge is 2.22. The maximum absolute atomic E-state index is 12.2. The van der Waals surface area contributed by atoms with Crippen LogP contribution >= 0.6 is 0 Å². The van der Waals surface area contributed by atoms with Crippen LogP contribution in [-0.4, -0.2) is 5.91 Å². The molecule has 0 aromatic heterocycles. The summed E-state index contributed by atoms with van der Waals surface area (Å²) >= 11 is 0. The van der Waals surface area contributed by atoms with Gasteiger partial charge in [0.25, 0.3) is 0 Å². The fraction of sp³-hybridized carbons (Fsp3) is 0.316. The number of carbonyl (C=O) groups excluding carboxylic acids is 1. The number of ether oxygens (including phenoxy) is 1. The van der Waals surface area contributed by atoms with Gasteiger partial charge in [-0.05, 0) is 30.2 Å². The van der Waals surface area contributed by atoms with E-state index >= 15 is 0 Å². The van der Waals surface area contributed by atoms with E-state index < -0.39 is 5.41 Å². The van der Waals surface area contributed by atoms with Crippen LogP contribution in [0.1, 0.15) is 31.9 Å². The summed E-state index contributed by atoms with van der Waals surface area (Å²) in [6, 6.07) is 15.8. The third kappa shape index (κ3) is 4.35. The van der Waals surface area contributed by atoms with Gasteiger partial charge in [-0.25, -0.2) is 0 Å². The maximum atomic E-state index is 12.2. The fourth-order valence-electron chi connectivity index (χ4n) is 1.90. The molecule has 3 nitrogen and oxygen atoms in total. The van der Waals surface area contributed by atoms with Crippen molar-refractivity contribution in [1.82, 2.24) is 0 Å². The van der Waals surface area contributed by atoms with Crippen LogP contribution in [0.25, 0.3) is 0 Å². The van der Waals surface area contributed by atoms with E-state index in [1.54, 1.807) is 0 Å². The topological polar surface area (TPSA) is 38.3 Å². The largest absolute Gasteiger partial charge is 0.487 e. The van der Waals surface area contributed by atoms with Gasteiger partial charge in [0.05, 0.1) is 5.69 Å². The summed E-state index contributed by atoms with van der Waals surface area (Å²) in [4.78, 5) is 12.2. The second-order valence-corrected chi connectivity index (χ2v) is 6.48. The molecule has 0 unspecified atom stereocenters. The van der Waals surface area contributed by atoms with Crippen molar-refractivity contribution in [2.75, 3.05) is 5.32 Å². The van der Waals surface area contributed by atoms with E-state index in [-0.39, 0.29) is 5.91 Å². The Bertz CT molecular complexity index is 642. The third-order valence-electron chi connectivity index (χ3n) is 3.30. The highest BCUT2D eigenvalue weighted by molar-refractivity contribution is 5.95. The van der Waals surface area contributed by atoms with Gasteiger partial charge in [0.15, 0.2) is 0 Å². The quantitative estimate of drug-likeness (QED) is 0.898. The van der Waals surface area contributed by atoms with E-state index in [2.05, 4.69) is 5.32 Å². The molecule has 0 heterocycles. The summed E-state index contributed by atoms with van der Waals surface area (Å²) in [5, 5.41) is 2.95. The minimum absolute atomic E-state index is 0.0269. The highest BCUT2D eigenvalue weighted by Crippen LogP contribution is 2.28.